The molecule has 0 aromatic heterocycles. The third kappa shape index (κ3) is 3.93. The molecule has 0 amide bonds. The molecule has 0 bridgehead atoms. The molecule has 1 rings (SSSR count). The molecule has 0 aliphatic rings. The zero-order valence-electron chi connectivity index (χ0n) is 9.29. The largest absolute Gasteiger partial charge is 0.393 e. The lowest BCUT2D eigenvalue weighted by atomic mass is 9.95. The number of hydrogen-bond donors (Lipinski definition) is 2. The molecule has 0 aliphatic carbocycles. The lowest BCUT2D eigenvalue weighted by molar-refractivity contribution is 0.0783. The Bertz CT molecular complexity index is 340. The zero-order valence-corrected chi connectivity index (χ0v) is 10.9. The first-order valence-electron chi connectivity index (χ1n) is 4.99. The number of aliphatic hydroxyl groups excluding tert-OH is 1. The summed E-state index contributed by atoms with van der Waals surface area (Å²) in [5.41, 5.74) is 1.03. The summed E-state index contributed by atoms with van der Waals surface area (Å²) in [5.74, 6) is 0. The minimum absolute atomic E-state index is 0.367. The van der Waals surface area contributed by atoms with Gasteiger partial charge in [-0.1, -0.05) is 22.0 Å². The average Bonchev–Trinajstić information content (AvgIpc) is 1.99. The van der Waals surface area contributed by atoms with Gasteiger partial charge in [-0.15, -0.1) is 0 Å². The van der Waals surface area contributed by atoms with Gasteiger partial charge < -0.3 is 10.2 Å². The maximum absolute atomic E-state index is 9.89. The molecule has 1 aromatic rings. The summed E-state index contributed by atoms with van der Waals surface area (Å²) in [7, 11) is 0. The van der Waals surface area contributed by atoms with Crippen LogP contribution in [0.1, 0.15) is 31.9 Å². The molecule has 0 saturated heterocycles. The van der Waals surface area contributed by atoms with Gasteiger partial charge in [0.25, 0.3) is 0 Å². The van der Waals surface area contributed by atoms with Crippen LogP contribution in [-0.2, 0) is 12.0 Å². The summed E-state index contributed by atoms with van der Waals surface area (Å²) in [6, 6.07) is 5.78. The summed E-state index contributed by atoms with van der Waals surface area (Å²) in [6.07, 6.45) is 0.233. The van der Waals surface area contributed by atoms with Gasteiger partial charge in [-0.2, -0.15) is 0 Å². The van der Waals surface area contributed by atoms with Crippen LogP contribution >= 0.6 is 15.9 Å². The van der Waals surface area contributed by atoms with Crippen LogP contribution in [0.15, 0.2) is 22.7 Å². The molecule has 3 heteroatoms. The predicted octanol–water partition coefficient (Wildman–Crippen LogP) is 2.60. The second-order valence-corrected chi connectivity index (χ2v) is 5.38. The number of rotatable bonds is 3. The van der Waals surface area contributed by atoms with Gasteiger partial charge in [0.1, 0.15) is 0 Å². The van der Waals surface area contributed by atoms with Crippen molar-refractivity contribution in [3.63, 3.8) is 0 Å². The molecule has 0 radical (unpaired) electrons. The number of hydrogen-bond acceptors (Lipinski definition) is 2. The fourth-order valence-corrected chi connectivity index (χ4v) is 2.00. The Balaban J connectivity index is 3.06. The van der Waals surface area contributed by atoms with Crippen molar-refractivity contribution in [1.82, 2.24) is 0 Å². The molecule has 2 nitrogen and oxygen atoms in total. The van der Waals surface area contributed by atoms with E-state index in [-0.39, 0.29) is 6.10 Å². The van der Waals surface area contributed by atoms with E-state index < -0.39 is 5.60 Å². The van der Waals surface area contributed by atoms with Crippen molar-refractivity contribution in [2.75, 3.05) is 0 Å². The highest BCUT2D eigenvalue weighted by Crippen LogP contribution is 2.25. The smallest absolute Gasteiger partial charge is 0.0841 e. The summed E-state index contributed by atoms with van der Waals surface area (Å²) in [4.78, 5) is 0. The van der Waals surface area contributed by atoms with Gasteiger partial charge in [-0.25, -0.2) is 0 Å². The highest BCUT2D eigenvalue weighted by Gasteiger charge is 2.17. The summed E-state index contributed by atoms with van der Waals surface area (Å²) < 4.78 is 0.928. The van der Waals surface area contributed by atoms with Crippen molar-refractivity contribution in [1.29, 1.82) is 0 Å². The van der Waals surface area contributed by atoms with Gasteiger partial charge in [-0.3, -0.25) is 0 Å². The molecular weight excluding hydrogens is 256 g/mol. The summed E-state index contributed by atoms with van der Waals surface area (Å²) in [6.45, 7) is 5.26. The summed E-state index contributed by atoms with van der Waals surface area (Å²) in [5, 5.41) is 19.2. The molecule has 1 aromatic carbocycles. The molecular formula is C12H17BrO2. The van der Waals surface area contributed by atoms with E-state index in [0.717, 1.165) is 15.6 Å². The molecule has 0 spiro atoms. The first-order valence-corrected chi connectivity index (χ1v) is 5.78. The highest BCUT2D eigenvalue weighted by atomic mass is 79.9. The molecule has 1 atom stereocenters. The minimum atomic E-state index is -0.850. The third-order valence-electron chi connectivity index (χ3n) is 2.20. The van der Waals surface area contributed by atoms with E-state index in [4.69, 9.17) is 0 Å². The maximum Gasteiger partial charge on any atom is 0.0841 e. The van der Waals surface area contributed by atoms with Crippen LogP contribution in [0.3, 0.4) is 0 Å². The molecule has 84 valence electrons. The molecule has 2 N–H and O–H groups in total. The summed E-state index contributed by atoms with van der Waals surface area (Å²) >= 11 is 3.40. The molecule has 1 unspecified atom stereocenters. The van der Waals surface area contributed by atoms with E-state index in [2.05, 4.69) is 15.9 Å². The van der Waals surface area contributed by atoms with Crippen molar-refractivity contribution in [3.8, 4) is 0 Å². The Kier molecular flexibility index (Phi) is 3.93. The Hall–Kier alpha value is -0.380. The molecule has 15 heavy (non-hydrogen) atoms. The Labute approximate surface area is 99.1 Å². The topological polar surface area (TPSA) is 40.5 Å². The van der Waals surface area contributed by atoms with Gasteiger partial charge in [0, 0.05) is 4.47 Å². The van der Waals surface area contributed by atoms with Crippen LogP contribution in [0.2, 0.25) is 0 Å². The zero-order chi connectivity index (χ0) is 11.6. The van der Waals surface area contributed by atoms with Crippen LogP contribution in [0.25, 0.3) is 0 Å². The number of halogens is 1. The normalized spacial score (nSPS) is 14.0. The van der Waals surface area contributed by atoms with Gasteiger partial charge in [0.15, 0.2) is 0 Å². The van der Waals surface area contributed by atoms with Crippen LogP contribution in [0.4, 0.5) is 0 Å². The predicted molar refractivity (Wildman–Crippen MR) is 64.8 cm³/mol. The van der Waals surface area contributed by atoms with Crippen molar-refractivity contribution in [2.24, 2.45) is 0 Å². The monoisotopic (exact) mass is 272 g/mol. The van der Waals surface area contributed by atoms with Gasteiger partial charge >= 0.3 is 0 Å². The first kappa shape index (κ1) is 12.7. The van der Waals surface area contributed by atoms with Gasteiger partial charge in [0.2, 0.25) is 0 Å². The Morgan fingerprint density at radius 2 is 1.93 bits per heavy atom. The van der Waals surface area contributed by atoms with E-state index >= 15 is 0 Å². The third-order valence-corrected chi connectivity index (χ3v) is 2.65. The van der Waals surface area contributed by atoms with E-state index in [1.807, 2.05) is 18.2 Å². The molecule has 0 heterocycles. The Morgan fingerprint density at radius 1 is 1.33 bits per heavy atom. The van der Waals surface area contributed by atoms with E-state index in [1.165, 1.54) is 0 Å². The number of aliphatic hydroxyl groups is 2. The minimum Gasteiger partial charge on any atom is -0.393 e. The van der Waals surface area contributed by atoms with Crippen molar-refractivity contribution in [2.45, 2.75) is 38.9 Å². The van der Waals surface area contributed by atoms with Crippen LogP contribution in [-0.4, -0.2) is 16.3 Å². The van der Waals surface area contributed by atoms with Crippen molar-refractivity contribution < 1.29 is 10.2 Å². The van der Waals surface area contributed by atoms with Crippen LogP contribution in [0, 0.1) is 0 Å². The fourth-order valence-electron chi connectivity index (χ4n) is 1.46. The molecule has 0 aliphatic heterocycles. The second-order valence-electron chi connectivity index (χ2n) is 4.46. The number of benzene rings is 1. The lowest BCUT2D eigenvalue weighted by Crippen LogP contribution is -2.16. The molecule has 0 fully saturated rings. The van der Waals surface area contributed by atoms with E-state index in [1.54, 1.807) is 20.8 Å². The maximum atomic E-state index is 9.89. The SMILES string of the molecule is CC(O)Cc1cc(Br)cc(C(C)(C)O)c1. The van der Waals surface area contributed by atoms with Crippen LogP contribution in [0.5, 0.6) is 0 Å². The average molecular weight is 273 g/mol. The first-order chi connectivity index (χ1) is 6.79. The van der Waals surface area contributed by atoms with Gasteiger partial charge in [0.05, 0.1) is 11.7 Å². The van der Waals surface area contributed by atoms with E-state index in [0.29, 0.717) is 6.42 Å². The van der Waals surface area contributed by atoms with Crippen LogP contribution < -0.4 is 0 Å². The standard InChI is InChI=1S/C12H17BrO2/c1-8(14)4-9-5-10(12(2,3)15)7-11(13)6-9/h5-8,14-15H,4H2,1-3H3. The highest BCUT2D eigenvalue weighted by molar-refractivity contribution is 9.10. The molecule has 0 saturated carbocycles. The van der Waals surface area contributed by atoms with E-state index in [9.17, 15) is 10.2 Å². The lowest BCUT2D eigenvalue weighted by Gasteiger charge is -2.19. The second kappa shape index (κ2) is 4.64. The Morgan fingerprint density at radius 3 is 2.40 bits per heavy atom. The fraction of sp³-hybridized carbons (Fsp3) is 0.500. The quantitative estimate of drug-likeness (QED) is 0.888. The van der Waals surface area contributed by atoms with Gasteiger partial charge in [-0.05, 0) is 50.5 Å². The van der Waals surface area contributed by atoms with Crippen molar-refractivity contribution in [3.05, 3.63) is 33.8 Å². The van der Waals surface area contributed by atoms with Crippen molar-refractivity contribution >= 4 is 15.9 Å².